The first-order chi connectivity index (χ1) is 8.42. The molecule has 0 aliphatic carbocycles. The number of fused-ring (bicyclic) bond motifs is 6. The molecule has 2 unspecified atom stereocenters. The lowest BCUT2D eigenvalue weighted by Gasteiger charge is -2.57. The van der Waals surface area contributed by atoms with Crippen molar-refractivity contribution in [3.8, 4) is 0 Å². The second-order valence-corrected chi connectivity index (χ2v) is 6.87. The van der Waals surface area contributed by atoms with Crippen LogP contribution in [0.2, 0.25) is 0 Å². The third-order valence-electron chi connectivity index (χ3n) is 5.96. The molecule has 0 aromatic rings. The van der Waals surface area contributed by atoms with E-state index >= 15 is 0 Å². The highest BCUT2D eigenvalue weighted by Gasteiger charge is 2.46. The van der Waals surface area contributed by atoms with Crippen molar-refractivity contribution in [3.05, 3.63) is 0 Å². The number of hydrogen-bond donors (Lipinski definition) is 0. The summed E-state index contributed by atoms with van der Waals surface area (Å²) >= 11 is 0. The largest absolute Gasteiger partial charge is 0.300 e. The summed E-state index contributed by atoms with van der Waals surface area (Å²) in [4.78, 5) is 5.74. The summed E-state index contributed by atoms with van der Waals surface area (Å²) in [7, 11) is 0. The van der Waals surface area contributed by atoms with Crippen LogP contribution in [0.25, 0.3) is 0 Å². The first-order valence-corrected chi connectivity index (χ1v) is 7.90. The second-order valence-electron chi connectivity index (χ2n) is 6.87. The Morgan fingerprint density at radius 1 is 0.647 bits per heavy atom. The minimum absolute atomic E-state index is 0.961. The first kappa shape index (κ1) is 10.8. The van der Waals surface area contributed by atoms with E-state index in [1.165, 1.54) is 64.7 Å². The Balaban J connectivity index is 1.56. The van der Waals surface area contributed by atoms with Gasteiger partial charge in [0.15, 0.2) is 0 Å². The molecular weight excluding hydrogens is 208 g/mol. The Kier molecular flexibility index (Phi) is 2.69. The molecule has 2 bridgehead atoms. The van der Waals surface area contributed by atoms with Crippen molar-refractivity contribution < 1.29 is 0 Å². The fourth-order valence-electron chi connectivity index (χ4n) is 5.25. The summed E-state index contributed by atoms with van der Waals surface area (Å²) in [5.74, 6) is 2.03. The highest BCUT2D eigenvalue weighted by atomic mass is 15.3. The fraction of sp³-hybridized carbons (Fsp3) is 1.00. The molecular formula is C15H26N2. The van der Waals surface area contributed by atoms with Gasteiger partial charge in [0.25, 0.3) is 0 Å². The molecule has 4 saturated heterocycles. The monoisotopic (exact) mass is 234 g/mol. The fourth-order valence-corrected chi connectivity index (χ4v) is 5.25. The zero-order valence-corrected chi connectivity index (χ0v) is 11.0. The molecule has 0 saturated carbocycles. The Morgan fingerprint density at radius 2 is 1.18 bits per heavy atom. The maximum Gasteiger partial charge on any atom is 0.0136 e. The highest BCUT2D eigenvalue weighted by molar-refractivity contribution is 5.00. The van der Waals surface area contributed by atoms with E-state index in [2.05, 4.69) is 9.80 Å². The summed E-state index contributed by atoms with van der Waals surface area (Å²) in [6, 6.07) is 1.92. The SMILES string of the molecule is C1CCN2CC3C[C@H](CN4CCCC[C@@H]34)C2C1. The average Bonchev–Trinajstić information content (AvgIpc) is 2.39. The van der Waals surface area contributed by atoms with Crippen LogP contribution in [0.15, 0.2) is 0 Å². The maximum absolute atomic E-state index is 2.87. The molecule has 0 radical (unpaired) electrons. The standard InChI is InChI=1S/C15H26N2/c1-3-7-16-11-13-9-12(14(16)5-1)10-17-8-4-2-6-15(13)17/h12-15H,1-11H2/t12-,13?,14?,15+/m1/s1. The van der Waals surface area contributed by atoms with Crippen LogP contribution in [0, 0.1) is 11.8 Å². The Hall–Kier alpha value is -0.0800. The molecule has 4 atom stereocenters. The van der Waals surface area contributed by atoms with Gasteiger partial charge in [0.05, 0.1) is 0 Å². The molecule has 17 heavy (non-hydrogen) atoms. The van der Waals surface area contributed by atoms with E-state index in [9.17, 15) is 0 Å². The average molecular weight is 234 g/mol. The zero-order valence-electron chi connectivity index (χ0n) is 11.0. The predicted molar refractivity (Wildman–Crippen MR) is 70.0 cm³/mol. The molecule has 2 nitrogen and oxygen atoms in total. The van der Waals surface area contributed by atoms with Crippen LogP contribution in [0.1, 0.15) is 44.9 Å². The summed E-state index contributed by atoms with van der Waals surface area (Å²) in [6.07, 6.45) is 10.5. The molecule has 4 heterocycles. The third-order valence-corrected chi connectivity index (χ3v) is 5.96. The van der Waals surface area contributed by atoms with Gasteiger partial charge >= 0.3 is 0 Å². The second kappa shape index (κ2) is 4.24. The van der Waals surface area contributed by atoms with Crippen LogP contribution in [-0.4, -0.2) is 48.1 Å². The minimum Gasteiger partial charge on any atom is -0.300 e. The molecule has 4 aliphatic rings. The lowest BCUT2D eigenvalue weighted by atomic mass is 9.71. The molecule has 0 aromatic heterocycles. The number of hydrogen-bond acceptors (Lipinski definition) is 2. The van der Waals surface area contributed by atoms with E-state index in [-0.39, 0.29) is 0 Å². The van der Waals surface area contributed by atoms with E-state index in [0.717, 1.165) is 23.9 Å². The predicted octanol–water partition coefficient (Wildman–Crippen LogP) is 2.35. The van der Waals surface area contributed by atoms with Crippen molar-refractivity contribution in [2.24, 2.45) is 11.8 Å². The van der Waals surface area contributed by atoms with E-state index in [0.29, 0.717) is 0 Å². The van der Waals surface area contributed by atoms with Gasteiger partial charge in [-0.1, -0.05) is 12.8 Å². The van der Waals surface area contributed by atoms with E-state index in [1.54, 1.807) is 6.42 Å². The van der Waals surface area contributed by atoms with Gasteiger partial charge < -0.3 is 0 Å². The van der Waals surface area contributed by atoms with Crippen LogP contribution in [0.4, 0.5) is 0 Å². The number of piperidine rings is 4. The molecule has 96 valence electrons. The summed E-state index contributed by atoms with van der Waals surface area (Å²) in [5.41, 5.74) is 0. The van der Waals surface area contributed by atoms with Crippen LogP contribution in [0.5, 0.6) is 0 Å². The molecule has 4 rings (SSSR count). The van der Waals surface area contributed by atoms with Crippen molar-refractivity contribution in [2.75, 3.05) is 26.2 Å². The summed E-state index contributed by atoms with van der Waals surface area (Å²) < 4.78 is 0. The molecule has 0 amide bonds. The van der Waals surface area contributed by atoms with Crippen LogP contribution >= 0.6 is 0 Å². The smallest absolute Gasteiger partial charge is 0.0136 e. The minimum atomic E-state index is 0.961. The van der Waals surface area contributed by atoms with Crippen LogP contribution < -0.4 is 0 Å². The van der Waals surface area contributed by atoms with Crippen LogP contribution in [0.3, 0.4) is 0 Å². The van der Waals surface area contributed by atoms with Crippen molar-refractivity contribution in [1.82, 2.24) is 9.80 Å². The van der Waals surface area contributed by atoms with Gasteiger partial charge in [-0.3, -0.25) is 9.80 Å². The Labute approximate surface area is 105 Å². The molecule has 0 spiro atoms. The van der Waals surface area contributed by atoms with Gasteiger partial charge in [-0.25, -0.2) is 0 Å². The van der Waals surface area contributed by atoms with E-state index < -0.39 is 0 Å². The third kappa shape index (κ3) is 1.76. The molecule has 0 N–H and O–H groups in total. The van der Waals surface area contributed by atoms with E-state index in [4.69, 9.17) is 0 Å². The van der Waals surface area contributed by atoms with Gasteiger partial charge in [0.1, 0.15) is 0 Å². The lowest BCUT2D eigenvalue weighted by molar-refractivity contribution is -0.0718. The molecule has 2 heteroatoms. The quantitative estimate of drug-likeness (QED) is 0.635. The van der Waals surface area contributed by atoms with Crippen molar-refractivity contribution >= 4 is 0 Å². The van der Waals surface area contributed by atoms with Gasteiger partial charge in [0, 0.05) is 25.2 Å². The molecule has 0 aromatic carbocycles. The van der Waals surface area contributed by atoms with Gasteiger partial charge in [-0.05, 0) is 57.0 Å². The summed E-state index contributed by atoms with van der Waals surface area (Å²) in [5, 5.41) is 0. The van der Waals surface area contributed by atoms with Gasteiger partial charge in [-0.15, -0.1) is 0 Å². The van der Waals surface area contributed by atoms with E-state index in [1.807, 2.05) is 0 Å². The molecule has 4 aliphatic heterocycles. The van der Waals surface area contributed by atoms with Crippen molar-refractivity contribution in [3.63, 3.8) is 0 Å². The van der Waals surface area contributed by atoms with Crippen molar-refractivity contribution in [2.45, 2.75) is 57.0 Å². The molecule has 4 fully saturated rings. The summed E-state index contributed by atoms with van der Waals surface area (Å²) in [6.45, 7) is 5.68. The van der Waals surface area contributed by atoms with Gasteiger partial charge in [0.2, 0.25) is 0 Å². The number of nitrogens with zero attached hydrogens (tertiary/aromatic N) is 2. The Bertz CT molecular complexity index is 263. The van der Waals surface area contributed by atoms with Crippen molar-refractivity contribution in [1.29, 1.82) is 0 Å². The highest BCUT2D eigenvalue weighted by Crippen LogP contribution is 2.42. The zero-order chi connectivity index (χ0) is 11.2. The normalized spacial score (nSPS) is 47.3. The van der Waals surface area contributed by atoms with Crippen LogP contribution in [-0.2, 0) is 0 Å². The Morgan fingerprint density at radius 3 is 1.71 bits per heavy atom. The maximum atomic E-state index is 2.87. The topological polar surface area (TPSA) is 6.48 Å². The van der Waals surface area contributed by atoms with Gasteiger partial charge in [-0.2, -0.15) is 0 Å². The number of rotatable bonds is 0. The lowest BCUT2D eigenvalue weighted by Crippen LogP contribution is -2.63. The first-order valence-electron chi connectivity index (χ1n) is 7.90.